The Balaban J connectivity index is 2.02. The molecule has 6 heteroatoms. The van der Waals surface area contributed by atoms with Crippen molar-refractivity contribution in [2.45, 2.75) is 39.2 Å². The van der Waals surface area contributed by atoms with Crippen molar-refractivity contribution in [3.8, 4) is 5.75 Å². The second-order valence-corrected chi connectivity index (χ2v) is 6.92. The molecule has 0 radical (unpaired) electrons. The van der Waals surface area contributed by atoms with E-state index in [4.69, 9.17) is 11.6 Å². The van der Waals surface area contributed by atoms with E-state index in [2.05, 4.69) is 10.3 Å². The molecule has 0 saturated carbocycles. The molecule has 0 aliphatic carbocycles. The molecule has 3 rings (SSSR count). The number of pyridine rings is 1. The SMILES string of the molecule is Cc1cc2c(c(=O)[nH]1)CNC(=O)c1cc(Cl)cc(O)c1C/C=C/CCC2. The van der Waals surface area contributed by atoms with Crippen LogP contribution in [0.3, 0.4) is 0 Å². The van der Waals surface area contributed by atoms with Gasteiger partial charge in [-0.2, -0.15) is 0 Å². The summed E-state index contributed by atoms with van der Waals surface area (Å²) in [4.78, 5) is 27.8. The molecule has 5 nitrogen and oxygen atoms in total. The van der Waals surface area contributed by atoms with Crippen LogP contribution in [0.5, 0.6) is 5.75 Å². The minimum absolute atomic E-state index is 0.00366. The highest BCUT2D eigenvalue weighted by molar-refractivity contribution is 6.31. The summed E-state index contributed by atoms with van der Waals surface area (Å²) < 4.78 is 0. The maximum atomic E-state index is 12.7. The average Bonchev–Trinajstić information content (AvgIpc) is 2.58. The van der Waals surface area contributed by atoms with E-state index in [0.29, 0.717) is 28.1 Å². The van der Waals surface area contributed by atoms with Crippen molar-refractivity contribution < 1.29 is 9.90 Å². The van der Waals surface area contributed by atoms with E-state index < -0.39 is 0 Å². The Morgan fingerprint density at radius 1 is 1.12 bits per heavy atom. The Morgan fingerprint density at radius 3 is 2.73 bits per heavy atom. The molecule has 2 aromatic rings. The molecule has 1 aromatic carbocycles. The number of phenols is 1. The first-order valence-electron chi connectivity index (χ1n) is 8.62. The summed E-state index contributed by atoms with van der Waals surface area (Å²) in [5.74, 6) is -0.368. The molecular formula is C20H21ClN2O3. The van der Waals surface area contributed by atoms with Gasteiger partial charge in [-0.3, -0.25) is 9.59 Å². The number of H-pyrrole nitrogens is 1. The van der Waals surface area contributed by atoms with E-state index in [1.165, 1.54) is 6.07 Å². The van der Waals surface area contributed by atoms with E-state index in [-0.39, 0.29) is 23.8 Å². The summed E-state index contributed by atoms with van der Waals surface area (Å²) >= 11 is 6.01. The molecule has 0 fully saturated rings. The highest BCUT2D eigenvalue weighted by atomic mass is 35.5. The van der Waals surface area contributed by atoms with Crippen molar-refractivity contribution >= 4 is 17.5 Å². The Hall–Kier alpha value is -2.53. The largest absolute Gasteiger partial charge is 0.508 e. The van der Waals surface area contributed by atoms with Crippen molar-refractivity contribution in [2.75, 3.05) is 0 Å². The molecule has 1 aliphatic rings. The molecule has 136 valence electrons. The number of amides is 1. The van der Waals surface area contributed by atoms with Crippen LogP contribution in [0, 0.1) is 6.92 Å². The van der Waals surface area contributed by atoms with Gasteiger partial charge in [0.05, 0.1) is 0 Å². The van der Waals surface area contributed by atoms with E-state index >= 15 is 0 Å². The van der Waals surface area contributed by atoms with Gasteiger partial charge in [-0.05, 0) is 56.4 Å². The van der Waals surface area contributed by atoms with Gasteiger partial charge in [0.2, 0.25) is 0 Å². The molecule has 1 aromatic heterocycles. The smallest absolute Gasteiger partial charge is 0.253 e. The number of carbonyl (C=O) groups excluding carboxylic acids is 1. The lowest BCUT2D eigenvalue weighted by molar-refractivity contribution is 0.0949. The van der Waals surface area contributed by atoms with Crippen molar-refractivity contribution in [3.63, 3.8) is 0 Å². The summed E-state index contributed by atoms with van der Waals surface area (Å²) in [5.41, 5.74) is 3.00. The normalized spacial score (nSPS) is 16.3. The molecule has 0 unspecified atom stereocenters. The fraction of sp³-hybridized carbons (Fsp3) is 0.300. The number of aromatic hydroxyl groups is 1. The molecule has 0 saturated heterocycles. The predicted octanol–water partition coefficient (Wildman–Crippen LogP) is 3.41. The van der Waals surface area contributed by atoms with Gasteiger partial charge in [-0.1, -0.05) is 23.8 Å². The standard InChI is InChI=1S/C20H21ClN2O3/c1-12-8-13-6-4-2-3-5-7-15-16(9-14(21)10-18(15)24)19(25)22-11-17(13)20(26)23-12/h3,5,8-10,24H,2,4,6-7,11H2,1H3,(H,22,25)(H,23,26)/b5-3+. The number of hydrogen-bond acceptors (Lipinski definition) is 3. The van der Waals surface area contributed by atoms with E-state index in [0.717, 1.165) is 30.5 Å². The third-order valence-corrected chi connectivity index (χ3v) is 4.75. The lowest BCUT2D eigenvalue weighted by Crippen LogP contribution is -2.29. The Bertz CT molecular complexity index is 931. The number of nitrogens with one attached hydrogen (secondary N) is 2. The fourth-order valence-corrected chi connectivity index (χ4v) is 3.45. The van der Waals surface area contributed by atoms with Gasteiger partial charge in [0, 0.05) is 34.0 Å². The third-order valence-electron chi connectivity index (χ3n) is 4.53. The minimum Gasteiger partial charge on any atom is -0.508 e. The Morgan fingerprint density at radius 2 is 1.92 bits per heavy atom. The molecule has 3 N–H and O–H groups in total. The van der Waals surface area contributed by atoms with Crippen LogP contribution in [0.1, 0.15) is 45.6 Å². The minimum atomic E-state index is -0.364. The maximum Gasteiger partial charge on any atom is 0.253 e. The first-order chi connectivity index (χ1) is 12.5. The van der Waals surface area contributed by atoms with Crippen LogP contribution < -0.4 is 10.9 Å². The van der Waals surface area contributed by atoms with Crippen molar-refractivity contribution in [3.05, 3.63) is 73.7 Å². The van der Waals surface area contributed by atoms with Crippen LogP contribution in [0.4, 0.5) is 0 Å². The predicted molar refractivity (Wildman–Crippen MR) is 102 cm³/mol. The number of hydrogen-bond donors (Lipinski definition) is 3. The lowest BCUT2D eigenvalue weighted by Gasteiger charge is -2.13. The van der Waals surface area contributed by atoms with Crippen LogP contribution in [-0.2, 0) is 19.4 Å². The van der Waals surface area contributed by atoms with Gasteiger partial charge in [0.1, 0.15) is 5.75 Å². The molecule has 1 aliphatic heterocycles. The number of phenolic OH excluding ortho intramolecular Hbond substituents is 1. The van der Waals surface area contributed by atoms with Crippen molar-refractivity contribution in [2.24, 2.45) is 0 Å². The van der Waals surface area contributed by atoms with Gasteiger partial charge < -0.3 is 15.4 Å². The number of rotatable bonds is 0. The van der Waals surface area contributed by atoms with Crippen LogP contribution in [0.25, 0.3) is 0 Å². The van der Waals surface area contributed by atoms with Gasteiger partial charge >= 0.3 is 0 Å². The van der Waals surface area contributed by atoms with Crippen LogP contribution in [0.2, 0.25) is 5.02 Å². The summed E-state index contributed by atoms with van der Waals surface area (Å²) in [6, 6.07) is 4.94. The zero-order valence-electron chi connectivity index (χ0n) is 14.6. The highest BCUT2D eigenvalue weighted by Gasteiger charge is 2.17. The Labute approximate surface area is 156 Å². The first-order valence-corrected chi connectivity index (χ1v) is 8.99. The highest BCUT2D eigenvalue weighted by Crippen LogP contribution is 2.27. The van der Waals surface area contributed by atoms with Gasteiger partial charge in [0.25, 0.3) is 11.5 Å². The summed E-state index contributed by atoms with van der Waals surface area (Å²) in [6.45, 7) is 1.98. The van der Waals surface area contributed by atoms with Crippen molar-refractivity contribution in [1.82, 2.24) is 10.3 Å². The number of benzene rings is 1. The molecule has 0 spiro atoms. The van der Waals surface area contributed by atoms with Crippen LogP contribution in [0.15, 0.2) is 35.1 Å². The second kappa shape index (κ2) is 7.79. The van der Waals surface area contributed by atoms with Crippen LogP contribution in [-0.4, -0.2) is 16.0 Å². The van der Waals surface area contributed by atoms with E-state index in [9.17, 15) is 14.7 Å². The zero-order chi connectivity index (χ0) is 18.7. The molecule has 0 atom stereocenters. The fourth-order valence-electron chi connectivity index (χ4n) is 3.23. The quantitative estimate of drug-likeness (QED) is 0.620. The number of allylic oxidation sites excluding steroid dienone is 2. The lowest BCUT2D eigenvalue weighted by atomic mass is 10.0. The summed E-state index contributed by atoms with van der Waals surface area (Å²) in [7, 11) is 0. The second-order valence-electron chi connectivity index (χ2n) is 6.49. The number of carbonyl (C=O) groups is 1. The zero-order valence-corrected chi connectivity index (χ0v) is 15.3. The number of aromatic nitrogens is 1. The molecule has 26 heavy (non-hydrogen) atoms. The van der Waals surface area contributed by atoms with Gasteiger partial charge in [-0.25, -0.2) is 0 Å². The van der Waals surface area contributed by atoms with E-state index in [1.807, 2.05) is 25.1 Å². The molecule has 2 heterocycles. The monoisotopic (exact) mass is 372 g/mol. The maximum absolute atomic E-state index is 12.7. The molecule has 1 amide bonds. The summed E-state index contributed by atoms with van der Waals surface area (Å²) in [5, 5.41) is 13.3. The van der Waals surface area contributed by atoms with Crippen molar-refractivity contribution in [1.29, 1.82) is 0 Å². The first kappa shape index (κ1) is 18.3. The number of aromatic amines is 1. The number of halogens is 1. The van der Waals surface area contributed by atoms with E-state index in [1.54, 1.807) is 6.07 Å². The average molecular weight is 373 g/mol. The Kier molecular flexibility index (Phi) is 5.47. The van der Waals surface area contributed by atoms with Crippen LogP contribution >= 0.6 is 11.6 Å². The van der Waals surface area contributed by atoms with Gasteiger partial charge in [0.15, 0.2) is 0 Å². The topological polar surface area (TPSA) is 82.2 Å². The third kappa shape index (κ3) is 3.99. The number of aryl methyl sites for hydroxylation is 2. The number of fused-ring (bicyclic) bond motifs is 2. The summed E-state index contributed by atoms with van der Waals surface area (Å²) in [6.07, 6.45) is 6.95. The molecular weight excluding hydrogens is 352 g/mol. The molecule has 0 bridgehead atoms. The van der Waals surface area contributed by atoms with Gasteiger partial charge in [-0.15, -0.1) is 0 Å².